The van der Waals surface area contributed by atoms with Gasteiger partial charge in [0, 0.05) is 10.5 Å². The van der Waals surface area contributed by atoms with Crippen LogP contribution in [0.3, 0.4) is 0 Å². The minimum Gasteiger partial charge on any atom is -0.0616 e. The van der Waals surface area contributed by atoms with Gasteiger partial charge in [-0.05, 0) is 43.7 Å². The first kappa shape index (κ1) is 10.7. The first-order valence-corrected chi connectivity index (χ1v) is 5.89. The maximum absolute atomic E-state index is 3.58. The van der Waals surface area contributed by atoms with E-state index >= 15 is 0 Å². The first-order chi connectivity index (χ1) is 6.98. The third-order valence-electron chi connectivity index (χ3n) is 2.55. The third kappa shape index (κ3) is 2.07. The van der Waals surface area contributed by atoms with Gasteiger partial charge in [0.25, 0.3) is 0 Å². The summed E-state index contributed by atoms with van der Waals surface area (Å²) in [4.78, 5) is 0. The topological polar surface area (TPSA) is 0 Å². The van der Waals surface area contributed by atoms with E-state index in [0.29, 0.717) is 0 Å². The van der Waals surface area contributed by atoms with Crippen molar-refractivity contribution in [2.24, 2.45) is 0 Å². The molecule has 0 nitrogen and oxygen atoms in total. The van der Waals surface area contributed by atoms with Gasteiger partial charge in [0.2, 0.25) is 0 Å². The summed E-state index contributed by atoms with van der Waals surface area (Å²) in [6.07, 6.45) is 0. The van der Waals surface area contributed by atoms with Gasteiger partial charge in [0.15, 0.2) is 0 Å². The van der Waals surface area contributed by atoms with E-state index in [1.807, 2.05) is 0 Å². The molecule has 0 aliphatic carbocycles. The second-order valence-electron chi connectivity index (χ2n) is 4.83. The van der Waals surface area contributed by atoms with E-state index in [-0.39, 0.29) is 5.41 Å². The average molecular weight is 262 g/mol. The van der Waals surface area contributed by atoms with Crippen LogP contribution in [0.5, 0.6) is 0 Å². The molecule has 0 bridgehead atoms. The van der Waals surface area contributed by atoms with Crippen molar-refractivity contribution in [3.05, 3.63) is 46.4 Å². The van der Waals surface area contributed by atoms with E-state index < -0.39 is 0 Å². The van der Waals surface area contributed by atoms with Gasteiger partial charge in [-0.2, -0.15) is 0 Å². The Balaban J connectivity index is 2.73. The molecule has 0 N–H and O–H groups in total. The summed E-state index contributed by atoms with van der Waals surface area (Å²) in [6, 6.07) is 14.0. The molecule has 2 rings (SSSR count). The summed E-state index contributed by atoms with van der Waals surface area (Å²) in [5.74, 6) is 0. The highest BCUT2D eigenvalue weighted by Gasteiger charge is 2.15. The lowest BCUT2D eigenvalue weighted by Crippen LogP contribution is -2.11. The quantitative estimate of drug-likeness (QED) is 0.645. The van der Waals surface area contributed by atoms with Crippen LogP contribution in [0.4, 0.5) is 0 Å². The van der Waals surface area contributed by atoms with Gasteiger partial charge in [-0.15, -0.1) is 0 Å². The number of halogens is 1. The summed E-state index contributed by atoms with van der Waals surface area (Å²) in [5, 5.41) is 2.50. The van der Waals surface area contributed by atoms with Gasteiger partial charge in [0.1, 0.15) is 0 Å². The Hall–Kier alpha value is -0.820. The average Bonchev–Trinajstić information content (AvgIpc) is 2.16. The zero-order valence-corrected chi connectivity index (χ0v) is 10.9. The molecule has 2 aromatic rings. The van der Waals surface area contributed by atoms with Crippen molar-refractivity contribution >= 4 is 26.7 Å². The van der Waals surface area contributed by atoms with E-state index in [0.717, 1.165) is 4.47 Å². The highest BCUT2D eigenvalue weighted by molar-refractivity contribution is 9.10. The number of benzene rings is 2. The smallest absolute Gasteiger partial charge is 0.0335 e. The van der Waals surface area contributed by atoms with Crippen molar-refractivity contribution in [2.45, 2.75) is 26.2 Å². The number of rotatable bonds is 0. The Morgan fingerprint density at radius 1 is 1.13 bits per heavy atom. The molecule has 0 saturated heterocycles. The summed E-state index contributed by atoms with van der Waals surface area (Å²) in [6.45, 7) is 6.63. The Kier molecular flexibility index (Phi) is 2.59. The van der Waals surface area contributed by atoms with E-state index in [1.165, 1.54) is 16.3 Å². The number of hydrogen-bond acceptors (Lipinski definition) is 0. The predicted octanol–water partition coefficient (Wildman–Crippen LogP) is 4.70. The SMILES string of the molecule is CC(C)(C)c1[c]c(Br)c2ccccc2c1. The van der Waals surface area contributed by atoms with E-state index in [1.54, 1.807) is 0 Å². The summed E-state index contributed by atoms with van der Waals surface area (Å²) in [7, 11) is 0. The van der Waals surface area contributed by atoms with Gasteiger partial charge >= 0.3 is 0 Å². The zero-order valence-electron chi connectivity index (χ0n) is 9.26. The van der Waals surface area contributed by atoms with Gasteiger partial charge in [-0.1, -0.05) is 45.0 Å². The Bertz CT molecular complexity index is 492. The van der Waals surface area contributed by atoms with Crippen LogP contribution in [-0.2, 0) is 5.41 Å². The molecule has 0 saturated carbocycles. The van der Waals surface area contributed by atoms with Gasteiger partial charge in [0.05, 0.1) is 0 Å². The molecular weight excluding hydrogens is 248 g/mol. The Morgan fingerprint density at radius 3 is 2.47 bits per heavy atom. The van der Waals surface area contributed by atoms with E-state index in [4.69, 9.17) is 0 Å². The molecule has 1 radical (unpaired) electrons. The fraction of sp³-hybridized carbons (Fsp3) is 0.286. The standard InChI is InChI=1S/C14H14Br/c1-14(2,3)11-8-10-6-4-5-7-12(10)13(15)9-11/h4-8H,1-3H3. The molecule has 0 heterocycles. The van der Waals surface area contributed by atoms with Crippen molar-refractivity contribution in [1.82, 2.24) is 0 Å². The van der Waals surface area contributed by atoms with Crippen LogP contribution in [0.1, 0.15) is 26.3 Å². The fourth-order valence-corrected chi connectivity index (χ4v) is 2.18. The summed E-state index contributed by atoms with van der Waals surface area (Å²) in [5.41, 5.74) is 1.39. The molecule has 1 heteroatoms. The van der Waals surface area contributed by atoms with Crippen molar-refractivity contribution in [3.63, 3.8) is 0 Å². The molecule has 0 aromatic heterocycles. The zero-order chi connectivity index (χ0) is 11.1. The molecule has 2 aromatic carbocycles. The molecule has 0 spiro atoms. The third-order valence-corrected chi connectivity index (χ3v) is 3.17. The molecule has 0 atom stereocenters. The Morgan fingerprint density at radius 2 is 1.80 bits per heavy atom. The highest BCUT2D eigenvalue weighted by atomic mass is 79.9. The normalized spacial score (nSPS) is 12.0. The monoisotopic (exact) mass is 261 g/mol. The summed E-state index contributed by atoms with van der Waals surface area (Å²) >= 11 is 3.58. The predicted molar refractivity (Wildman–Crippen MR) is 69.2 cm³/mol. The van der Waals surface area contributed by atoms with Crippen LogP contribution in [0.2, 0.25) is 0 Å². The van der Waals surface area contributed by atoms with Gasteiger partial charge in [-0.25, -0.2) is 0 Å². The van der Waals surface area contributed by atoms with Gasteiger partial charge < -0.3 is 0 Å². The van der Waals surface area contributed by atoms with Crippen LogP contribution in [0.25, 0.3) is 10.8 Å². The molecular formula is C14H14Br. The van der Waals surface area contributed by atoms with Crippen LogP contribution in [-0.4, -0.2) is 0 Å². The lowest BCUT2D eigenvalue weighted by Gasteiger charge is -2.19. The molecule has 0 amide bonds. The Labute approximate surface area is 99.4 Å². The molecule has 0 aliphatic rings. The summed E-state index contributed by atoms with van der Waals surface area (Å²) < 4.78 is 1.06. The molecule has 77 valence electrons. The maximum Gasteiger partial charge on any atom is 0.0335 e. The second-order valence-corrected chi connectivity index (χ2v) is 5.63. The molecule has 0 unspecified atom stereocenters. The second kappa shape index (κ2) is 3.64. The fourth-order valence-electron chi connectivity index (χ4n) is 1.60. The maximum atomic E-state index is 3.58. The highest BCUT2D eigenvalue weighted by Crippen LogP contribution is 2.30. The van der Waals surface area contributed by atoms with Crippen LogP contribution in [0.15, 0.2) is 34.8 Å². The van der Waals surface area contributed by atoms with E-state index in [2.05, 4.69) is 73.1 Å². The van der Waals surface area contributed by atoms with Crippen molar-refractivity contribution in [2.75, 3.05) is 0 Å². The lowest BCUT2D eigenvalue weighted by atomic mass is 9.86. The van der Waals surface area contributed by atoms with Crippen molar-refractivity contribution in [3.8, 4) is 0 Å². The lowest BCUT2D eigenvalue weighted by molar-refractivity contribution is 0.589. The minimum atomic E-state index is 0.145. The van der Waals surface area contributed by atoms with Gasteiger partial charge in [-0.3, -0.25) is 0 Å². The molecule has 0 aliphatic heterocycles. The van der Waals surface area contributed by atoms with Crippen LogP contribution >= 0.6 is 15.9 Å². The minimum absolute atomic E-state index is 0.145. The molecule has 15 heavy (non-hydrogen) atoms. The van der Waals surface area contributed by atoms with Crippen LogP contribution < -0.4 is 0 Å². The molecule has 0 fully saturated rings. The first-order valence-electron chi connectivity index (χ1n) is 5.09. The van der Waals surface area contributed by atoms with E-state index in [9.17, 15) is 0 Å². The number of hydrogen-bond donors (Lipinski definition) is 0. The number of fused-ring (bicyclic) bond motifs is 1. The van der Waals surface area contributed by atoms with Crippen LogP contribution in [0, 0.1) is 6.07 Å². The largest absolute Gasteiger partial charge is 0.0616 e. The van der Waals surface area contributed by atoms with Crippen molar-refractivity contribution in [1.29, 1.82) is 0 Å². The van der Waals surface area contributed by atoms with Crippen molar-refractivity contribution < 1.29 is 0 Å².